The van der Waals surface area contributed by atoms with Crippen LogP contribution in [0.2, 0.25) is 0 Å². The lowest BCUT2D eigenvalue weighted by Crippen LogP contribution is -2.17. The summed E-state index contributed by atoms with van der Waals surface area (Å²) in [5.41, 5.74) is 1.88. The van der Waals surface area contributed by atoms with E-state index in [-0.39, 0.29) is 17.9 Å². The normalized spacial score (nSPS) is 10.7. The number of para-hydroxylation sites is 1. The number of H-pyrrole nitrogens is 1. The van der Waals surface area contributed by atoms with Crippen molar-refractivity contribution in [2.45, 2.75) is 12.8 Å². The fourth-order valence-corrected chi connectivity index (χ4v) is 2.53. The molecule has 3 aromatic rings. The number of aromatic amines is 1. The molecule has 6 heteroatoms. The maximum atomic E-state index is 12.0. The minimum atomic E-state index is -0.151. The lowest BCUT2D eigenvalue weighted by molar-refractivity contribution is -0.116. The van der Waals surface area contributed by atoms with Crippen LogP contribution < -0.4 is 10.9 Å². The zero-order chi connectivity index (χ0) is 16.2. The molecule has 116 valence electrons. The van der Waals surface area contributed by atoms with Crippen LogP contribution in [0, 0.1) is 0 Å². The van der Waals surface area contributed by atoms with Gasteiger partial charge in [0.2, 0.25) is 5.91 Å². The van der Waals surface area contributed by atoms with E-state index >= 15 is 0 Å². The highest BCUT2D eigenvalue weighted by molar-refractivity contribution is 9.10. The summed E-state index contributed by atoms with van der Waals surface area (Å²) in [4.78, 5) is 30.9. The van der Waals surface area contributed by atoms with E-state index in [0.29, 0.717) is 22.3 Å². The van der Waals surface area contributed by atoms with Gasteiger partial charge in [-0.3, -0.25) is 9.59 Å². The molecule has 0 unspecified atom stereocenters. The first-order valence-corrected chi connectivity index (χ1v) is 7.93. The highest BCUT2D eigenvalue weighted by Crippen LogP contribution is 2.13. The molecule has 23 heavy (non-hydrogen) atoms. The van der Waals surface area contributed by atoms with Crippen LogP contribution in [0.5, 0.6) is 0 Å². The molecule has 0 atom stereocenters. The average Bonchev–Trinajstić information content (AvgIpc) is 2.55. The van der Waals surface area contributed by atoms with Crippen molar-refractivity contribution in [1.29, 1.82) is 0 Å². The Morgan fingerprint density at radius 3 is 2.83 bits per heavy atom. The first-order chi connectivity index (χ1) is 11.1. The Bertz CT molecular complexity index is 904. The lowest BCUT2D eigenvalue weighted by atomic mass is 10.1. The lowest BCUT2D eigenvalue weighted by Gasteiger charge is -2.05. The quantitative estimate of drug-likeness (QED) is 0.691. The van der Waals surface area contributed by atoms with Crippen LogP contribution in [0.15, 0.2) is 58.1 Å². The third-order valence-corrected chi connectivity index (χ3v) is 3.93. The Morgan fingerprint density at radius 2 is 2.04 bits per heavy atom. The van der Waals surface area contributed by atoms with Gasteiger partial charge in [0.05, 0.1) is 11.9 Å². The molecular weight excluding hydrogens is 358 g/mol. The van der Waals surface area contributed by atoms with Crippen molar-refractivity contribution in [1.82, 2.24) is 9.97 Å². The number of anilines is 1. The van der Waals surface area contributed by atoms with E-state index in [0.717, 1.165) is 10.9 Å². The van der Waals surface area contributed by atoms with Crippen LogP contribution in [-0.2, 0) is 11.2 Å². The number of pyridine rings is 2. The number of halogens is 1. The molecule has 1 amide bonds. The van der Waals surface area contributed by atoms with Gasteiger partial charge in [-0.1, -0.05) is 18.2 Å². The number of carbonyl (C=O) groups is 1. The highest BCUT2D eigenvalue weighted by Gasteiger charge is 2.07. The standard InChI is InChI=1S/C17H14BrN3O2/c18-15-7-6-13(10-19-15)20-16(22)8-5-12-9-11-3-1-2-4-14(11)21-17(12)23/h1-4,6-7,9-10H,5,8H2,(H,20,22)(H,21,23). The van der Waals surface area contributed by atoms with E-state index in [4.69, 9.17) is 0 Å². The second-order valence-corrected chi connectivity index (χ2v) is 5.94. The maximum Gasteiger partial charge on any atom is 0.251 e. The molecule has 5 nitrogen and oxygen atoms in total. The Morgan fingerprint density at radius 1 is 1.22 bits per heavy atom. The van der Waals surface area contributed by atoms with Gasteiger partial charge in [-0.2, -0.15) is 0 Å². The van der Waals surface area contributed by atoms with E-state index in [1.54, 1.807) is 18.3 Å². The van der Waals surface area contributed by atoms with Crippen LogP contribution in [0.25, 0.3) is 10.9 Å². The summed E-state index contributed by atoms with van der Waals surface area (Å²) >= 11 is 3.24. The summed E-state index contributed by atoms with van der Waals surface area (Å²) in [6, 6.07) is 12.9. The summed E-state index contributed by atoms with van der Waals surface area (Å²) in [5.74, 6) is -0.151. The van der Waals surface area contributed by atoms with Crippen molar-refractivity contribution in [3.8, 4) is 0 Å². The Labute approximate surface area is 140 Å². The number of benzene rings is 1. The minimum absolute atomic E-state index is 0.151. The van der Waals surface area contributed by atoms with Crippen LogP contribution in [-0.4, -0.2) is 15.9 Å². The summed E-state index contributed by atoms with van der Waals surface area (Å²) in [5, 5.41) is 3.72. The van der Waals surface area contributed by atoms with Crippen molar-refractivity contribution < 1.29 is 4.79 Å². The third-order valence-electron chi connectivity index (χ3n) is 3.46. The average molecular weight is 372 g/mol. The number of hydrogen-bond acceptors (Lipinski definition) is 3. The van der Waals surface area contributed by atoms with Gasteiger partial charge in [0.1, 0.15) is 4.60 Å². The largest absolute Gasteiger partial charge is 0.325 e. The number of aromatic nitrogens is 2. The summed E-state index contributed by atoms with van der Waals surface area (Å²) in [7, 11) is 0. The van der Waals surface area contributed by atoms with Gasteiger partial charge in [-0.15, -0.1) is 0 Å². The van der Waals surface area contributed by atoms with E-state index < -0.39 is 0 Å². The summed E-state index contributed by atoms with van der Waals surface area (Å²) in [6.07, 6.45) is 2.19. The van der Waals surface area contributed by atoms with Crippen molar-refractivity contribution in [3.05, 3.63) is 69.2 Å². The summed E-state index contributed by atoms with van der Waals surface area (Å²) in [6.45, 7) is 0. The molecule has 2 heterocycles. The second-order valence-electron chi connectivity index (χ2n) is 5.13. The number of nitrogens with one attached hydrogen (secondary N) is 2. The van der Waals surface area contributed by atoms with Crippen molar-refractivity contribution in [2.75, 3.05) is 5.32 Å². The molecule has 3 rings (SSSR count). The van der Waals surface area contributed by atoms with Crippen molar-refractivity contribution in [3.63, 3.8) is 0 Å². The van der Waals surface area contributed by atoms with Crippen LogP contribution in [0.1, 0.15) is 12.0 Å². The highest BCUT2D eigenvalue weighted by atomic mass is 79.9. The van der Waals surface area contributed by atoms with E-state index in [9.17, 15) is 9.59 Å². The van der Waals surface area contributed by atoms with E-state index in [2.05, 4.69) is 31.2 Å². The second kappa shape index (κ2) is 6.75. The molecule has 2 aromatic heterocycles. The van der Waals surface area contributed by atoms with Gasteiger partial charge in [-0.05, 0) is 52.0 Å². The predicted molar refractivity (Wildman–Crippen MR) is 93.5 cm³/mol. The first-order valence-electron chi connectivity index (χ1n) is 7.14. The van der Waals surface area contributed by atoms with E-state index in [1.807, 2.05) is 30.3 Å². The van der Waals surface area contributed by atoms with Gasteiger partial charge in [-0.25, -0.2) is 4.98 Å². The molecule has 0 bridgehead atoms. The number of fused-ring (bicyclic) bond motifs is 1. The van der Waals surface area contributed by atoms with Crippen molar-refractivity contribution >= 4 is 38.4 Å². The van der Waals surface area contributed by atoms with Crippen LogP contribution in [0.3, 0.4) is 0 Å². The Kier molecular flexibility index (Phi) is 4.52. The number of aryl methyl sites for hydroxylation is 1. The van der Waals surface area contributed by atoms with Gasteiger partial charge in [0.25, 0.3) is 5.56 Å². The van der Waals surface area contributed by atoms with Gasteiger partial charge >= 0.3 is 0 Å². The van der Waals surface area contributed by atoms with Crippen LogP contribution >= 0.6 is 15.9 Å². The molecule has 0 aliphatic heterocycles. The van der Waals surface area contributed by atoms with E-state index in [1.165, 1.54) is 0 Å². The fraction of sp³-hybridized carbons (Fsp3) is 0.118. The SMILES string of the molecule is O=C(CCc1cc2ccccc2[nH]c1=O)Nc1ccc(Br)nc1. The molecule has 0 radical (unpaired) electrons. The number of rotatable bonds is 4. The zero-order valence-electron chi connectivity index (χ0n) is 12.2. The van der Waals surface area contributed by atoms with Gasteiger partial charge in [0, 0.05) is 17.5 Å². The van der Waals surface area contributed by atoms with Gasteiger partial charge < -0.3 is 10.3 Å². The molecule has 0 saturated heterocycles. The number of hydrogen-bond donors (Lipinski definition) is 2. The monoisotopic (exact) mass is 371 g/mol. The molecular formula is C17H14BrN3O2. The molecule has 0 saturated carbocycles. The number of amides is 1. The number of carbonyl (C=O) groups excluding carboxylic acids is 1. The molecule has 0 fully saturated rings. The number of nitrogens with zero attached hydrogens (tertiary/aromatic N) is 1. The Balaban J connectivity index is 1.68. The molecule has 1 aromatic carbocycles. The van der Waals surface area contributed by atoms with Gasteiger partial charge in [0.15, 0.2) is 0 Å². The first kappa shape index (κ1) is 15.4. The molecule has 0 aliphatic rings. The van der Waals surface area contributed by atoms with Crippen molar-refractivity contribution in [2.24, 2.45) is 0 Å². The maximum absolute atomic E-state index is 12.0. The molecule has 0 aliphatic carbocycles. The fourth-order valence-electron chi connectivity index (χ4n) is 2.30. The van der Waals surface area contributed by atoms with Crippen LogP contribution in [0.4, 0.5) is 5.69 Å². The minimum Gasteiger partial charge on any atom is -0.325 e. The zero-order valence-corrected chi connectivity index (χ0v) is 13.8. The third kappa shape index (κ3) is 3.84. The smallest absolute Gasteiger partial charge is 0.251 e. The molecule has 2 N–H and O–H groups in total. The Hall–Kier alpha value is -2.47. The molecule has 0 spiro atoms. The predicted octanol–water partition coefficient (Wildman–Crippen LogP) is 3.26. The summed E-state index contributed by atoms with van der Waals surface area (Å²) < 4.78 is 0.707. The topological polar surface area (TPSA) is 74.8 Å².